The number of aryl methyl sites for hydroxylation is 1. The summed E-state index contributed by atoms with van der Waals surface area (Å²) in [5.74, 6) is 1.49. The highest BCUT2D eigenvalue weighted by atomic mass is 32.1. The van der Waals surface area contributed by atoms with E-state index in [1.807, 2.05) is 6.07 Å². The molecule has 1 heterocycles. The predicted molar refractivity (Wildman–Crippen MR) is 144 cm³/mol. The van der Waals surface area contributed by atoms with Crippen molar-refractivity contribution in [1.82, 2.24) is 10.3 Å². The van der Waals surface area contributed by atoms with E-state index in [-0.39, 0.29) is 0 Å². The van der Waals surface area contributed by atoms with Gasteiger partial charge in [0.05, 0.1) is 24.4 Å². The van der Waals surface area contributed by atoms with Crippen molar-refractivity contribution >= 4 is 32.4 Å². The van der Waals surface area contributed by atoms with Crippen molar-refractivity contribution in [1.29, 1.82) is 0 Å². The molecule has 1 aromatic heterocycles. The molecule has 0 amide bonds. The minimum Gasteiger partial charge on any atom is -0.493 e. The average Bonchev–Trinajstić information content (AvgIpc) is 3.31. The molecule has 0 saturated heterocycles. The molecule has 6 heteroatoms. The van der Waals surface area contributed by atoms with Gasteiger partial charge in [0, 0.05) is 24.3 Å². The first-order valence-electron chi connectivity index (χ1n) is 12.8. The first-order chi connectivity index (χ1) is 16.7. The molecule has 4 rings (SSSR count). The smallest absolute Gasteiger partial charge is 0.190 e. The Morgan fingerprint density at radius 3 is 2.56 bits per heavy atom. The monoisotopic (exact) mass is 481 g/mol. The summed E-state index contributed by atoms with van der Waals surface area (Å²) in [4.78, 5) is 7.34. The van der Waals surface area contributed by atoms with Crippen LogP contribution in [-0.2, 0) is 6.42 Å². The Bertz CT molecular complexity index is 1050. The number of hydrogen-bond acceptors (Lipinski definition) is 6. The van der Waals surface area contributed by atoms with Crippen LogP contribution in [0.15, 0.2) is 36.4 Å². The Balaban J connectivity index is 1.45. The molecule has 3 aromatic rings. The standard InChI is InChI=1S/C28H39N3O2S/c1-4-21-13-15-24-27(19-21)34-28(30-24)31(23-14-16-25(32-2)26(20-23)33-3)18-10-6-9-17-29-22-11-7-5-8-12-22/h13-16,19-20,22,29H,4-12,17-18H2,1-3H3. The molecule has 1 aliphatic rings. The number of aromatic nitrogens is 1. The summed E-state index contributed by atoms with van der Waals surface area (Å²) < 4.78 is 12.3. The van der Waals surface area contributed by atoms with Gasteiger partial charge in [0.1, 0.15) is 0 Å². The molecule has 2 aromatic carbocycles. The average molecular weight is 482 g/mol. The molecular weight excluding hydrogens is 442 g/mol. The Kier molecular flexibility index (Phi) is 9.05. The molecule has 0 bridgehead atoms. The quantitative estimate of drug-likeness (QED) is 0.279. The third-order valence-corrected chi connectivity index (χ3v) is 7.90. The first kappa shape index (κ1) is 24.8. The minimum absolute atomic E-state index is 0.743. The zero-order valence-corrected chi connectivity index (χ0v) is 21.8. The fraction of sp³-hybridized carbons (Fsp3) is 0.536. The number of anilines is 2. The molecule has 1 saturated carbocycles. The number of unbranched alkanes of at least 4 members (excludes halogenated alkanes) is 2. The molecule has 1 fully saturated rings. The molecule has 0 unspecified atom stereocenters. The lowest BCUT2D eigenvalue weighted by molar-refractivity contribution is 0.355. The van der Waals surface area contributed by atoms with Crippen molar-refractivity contribution in [2.45, 2.75) is 70.8 Å². The van der Waals surface area contributed by atoms with E-state index in [0.29, 0.717) is 0 Å². The minimum atomic E-state index is 0.743. The molecule has 1 N–H and O–H groups in total. The van der Waals surface area contributed by atoms with Gasteiger partial charge in [-0.25, -0.2) is 4.98 Å². The van der Waals surface area contributed by atoms with E-state index < -0.39 is 0 Å². The number of rotatable bonds is 12. The van der Waals surface area contributed by atoms with Crippen LogP contribution >= 0.6 is 11.3 Å². The molecule has 0 radical (unpaired) electrons. The topological polar surface area (TPSA) is 46.6 Å². The second kappa shape index (κ2) is 12.4. The number of hydrogen-bond donors (Lipinski definition) is 1. The summed E-state index contributed by atoms with van der Waals surface area (Å²) in [5, 5.41) is 4.81. The number of nitrogens with one attached hydrogen (secondary N) is 1. The van der Waals surface area contributed by atoms with Gasteiger partial charge < -0.3 is 19.7 Å². The third-order valence-electron chi connectivity index (χ3n) is 6.86. The van der Waals surface area contributed by atoms with Gasteiger partial charge in [0.15, 0.2) is 16.6 Å². The maximum Gasteiger partial charge on any atom is 0.190 e. The van der Waals surface area contributed by atoms with Crippen molar-refractivity contribution in [2.24, 2.45) is 0 Å². The lowest BCUT2D eigenvalue weighted by Crippen LogP contribution is -2.31. The highest BCUT2D eigenvalue weighted by Gasteiger charge is 2.17. The molecule has 0 atom stereocenters. The first-order valence-corrected chi connectivity index (χ1v) is 13.7. The molecular formula is C28H39N3O2S. The van der Waals surface area contributed by atoms with E-state index >= 15 is 0 Å². The Labute approximate surface area is 208 Å². The largest absolute Gasteiger partial charge is 0.493 e. The summed E-state index contributed by atoms with van der Waals surface area (Å²) in [5.41, 5.74) is 3.51. The lowest BCUT2D eigenvalue weighted by atomic mass is 9.95. The van der Waals surface area contributed by atoms with E-state index in [1.165, 1.54) is 55.2 Å². The van der Waals surface area contributed by atoms with Gasteiger partial charge in [-0.3, -0.25) is 0 Å². The fourth-order valence-corrected chi connectivity index (χ4v) is 5.88. The maximum atomic E-state index is 5.59. The summed E-state index contributed by atoms with van der Waals surface area (Å²) in [6, 6.07) is 13.5. The van der Waals surface area contributed by atoms with Crippen molar-refractivity contribution in [3.8, 4) is 11.5 Å². The Morgan fingerprint density at radius 1 is 0.971 bits per heavy atom. The summed E-state index contributed by atoms with van der Waals surface area (Å²) in [6.45, 7) is 4.25. The highest BCUT2D eigenvalue weighted by molar-refractivity contribution is 7.22. The molecule has 0 spiro atoms. The normalized spacial score (nSPS) is 14.4. The Hall–Kier alpha value is -2.31. The van der Waals surface area contributed by atoms with Gasteiger partial charge in [-0.05, 0) is 68.5 Å². The van der Waals surface area contributed by atoms with Crippen LogP contribution < -0.4 is 19.7 Å². The molecule has 184 valence electrons. The van der Waals surface area contributed by atoms with Crippen molar-refractivity contribution in [3.63, 3.8) is 0 Å². The van der Waals surface area contributed by atoms with Gasteiger partial charge in [0.2, 0.25) is 0 Å². The van der Waals surface area contributed by atoms with E-state index in [0.717, 1.165) is 59.8 Å². The van der Waals surface area contributed by atoms with Crippen LogP contribution in [0.1, 0.15) is 63.9 Å². The van der Waals surface area contributed by atoms with Gasteiger partial charge in [-0.2, -0.15) is 0 Å². The molecule has 5 nitrogen and oxygen atoms in total. The van der Waals surface area contributed by atoms with Crippen LogP contribution in [0.5, 0.6) is 11.5 Å². The number of nitrogens with zero attached hydrogens (tertiary/aromatic N) is 2. The molecule has 34 heavy (non-hydrogen) atoms. The predicted octanol–water partition coefficient (Wildman–Crippen LogP) is 7.11. The number of methoxy groups -OCH3 is 2. The van der Waals surface area contributed by atoms with Crippen molar-refractivity contribution in [3.05, 3.63) is 42.0 Å². The summed E-state index contributed by atoms with van der Waals surface area (Å²) in [7, 11) is 3.37. The van der Waals surface area contributed by atoms with Gasteiger partial charge >= 0.3 is 0 Å². The van der Waals surface area contributed by atoms with Crippen LogP contribution in [0, 0.1) is 0 Å². The number of benzene rings is 2. The lowest BCUT2D eigenvalue weighted by Gasteiger charge is -2.24. The van der Waals surface area contributed by atoms with E-state index in [4.69, 9.17) is 14.5 Å². The second-order valence-electron chi connectivity index (χ2n) is 9.19. The summed E-state index contributed by atoms with van der Waals surface area (Å²) in [6.07, 6.45) is 11.5. The van der Waals surface area contributed by atoms with Gasteiger partial charge in [0.25, 0.3) is 0 Å². The van der Waals surface area contributed by atoms with E-state index in [2.05, 4.69) is 47.5 Å². The highest BCUT2D eigenvalue weighted by Crippen LogP contribution is 2.38. The van der Waals surface area contributed by atoms with Crippen molar-refractivity contribution in [2.75, 3.05) is 32.2 Å². The van der Waals surface area contributed by atoms with Crippen LogP contribution in [0.25, 0.3) is 10.2 Å². The van der Waals surface area contributed by atoms with E-state index in [1.54, 1.807) is 25.6 Å². The van der Waals surface area contributed by atoms with Gasteiger partial charge in [-0.1, -0.05) is 50.0 Å². The van der Waals surface area contributed by atoms with Crippen molar-refractivity contribution < 1.29 is 9.47 Å². The Morgan fingerprint density at radius 2 is 1.79 bits per heavy atom. The number of fused-ring (bicyclic) bond motifs is 1. The van der Waals surface area contributed by atoms with Crippen LogP contribution in [0.4, 0.5) is 10.8 Å². The SMILES string of the molecule is CCc1ccc2nc(N(CCCCCNC3CCCCC3)c3ccc(OC)c(OC)c3)sc2c1. The summed E-state index contributed by atoms with van der Waals surface area (Å²) >= 11 is 1.77. The van der Waals surface area contributed by atoms with Crippen LogP contribution in [-0.4, -0.2) is 38.3 Å². The van der Waals surface area contributed by atoms with Crippen LogP contribution in [0.3, 0.4) is 0 Å². The fourth-order valence-electron chi connectivity index (χ4n) is 4.80. The second-order valence-corrected chi connectivity index (χ2v) is 10.2. The molecule has 0 aliphatic heterocycles. The zero-order chi connectivity index (χ0) is 23.8. The maximum absolute atomic E-state index is 5.59. The third kappa shape index (κ3) is 6.22. The zero-order valence-electron chi connectivity index (χ0n) is 20.9. The van der Waals surface area contributed by atoms with E-state index in [9.17, 15) is 0 Å². The number of ether oxygens (including phenoxy) is 2. The number of thiazole rings is 1. The molecule has 1 aliphatic carbocycles. The van der Waals surface area contributed by atoms with Gasteiger partial charge in [-0.15, -0.1) is 0 Å². The van der Waals surface area contributed by atoms with Crippen LogP contribution in [0.2, 0.25) is 0 Å².